The molecule has 13 heteroatoms. The monoisotopic (exact) mass is 575 g/mol. The Morgan fingerprint density at radius 1 is 0.951 bits per heavy atom. The van der Waals surface area contributed by atoms with Gasteiger partial charge in [-0.05, 0) is 23.6 Å². The maximum absolute atomic E-state index is 6.13. The summed E-state index contributed by atoms with van der Waals surface area (Å²) in [7, 11) is 6.85. The second-order valence-corrected chi connectivity index (χ2v) is 9.66. The zero-order chi connectivity index (χ0) is 28.8. The van der Waals surface area contributed by atoms with Crippen LogP contribution < -0.4 is 29.7 Å². The fourth-order valence-electron chi connectivity index (χ4n) is 4.04. The van der Waals surface area contributed by atoms with Crippen molar-refractivity contribution in [3.8, 4) is 17.5 Å². The van der Waals surface area contributed by atoms with Gasteiger partial charge in [0.1, 0.15) is 23.8 Å². The van der Waals surface area contributed by atoms with Gasteiger partial charge in [0.25, 0.3) is 0 Å². The maximum Gasteiger partial charge on any atom is 0.323 e. The fourth-order valence-corrected chi connectivity index (χ4v) is 4.22. The van der Waals surface area contributed by atoms with Crippen LogP contribution in [-0.4, -0.2) is 64.8 Å². The van der Waals surface area contributed by atoms with Crippen LogP contribution in [0.25, 0.3) is 10.8 Å². The standard InChI is InChI=1S/C28H30ClN9O3/c1-37(2)27-32-26(31-20-13-22(39-3)15-23(14-20)40-4)33-28(34-27)41-17-21-16-38(36-35-21)11-10-30-25-7-5-6-18-12-19(29)8-9-24(18)25/h5-9,12-16,30H,10-11,17H2,1-4H3,(H,31,32,33,34). The van der Waals surface area contributed by atoms with Gasteiger partial charge in [0.15, 0.2) is 0 Å². The van der Waals surface area contributed by atoms with Gasteiger partial charge in [-0.1, -0.05) is 35.0 Å². The molecule has 5 aromatic rings. The number of anilines is 4. The van der Waals surface area contributed by atoms with Crippen LogP contribution in [0.2, 0.25) is 5.02 Å². The van der Waals surface area contributed by atoms with Gasteiger partial charge in [-0.25, -0.2) is 0 Å². The van der Waals surface area contributed by atoms with E-state index in [1.807, 2.05) is 68.8 Å². The highest BCUT2D eigenvalue weighted by Crippen LogP contribution is 2.28. The summed E-state index contributed by atoms with van der Waals surface area (Å²) in [6.45, 7) is 1.42. The Morgan fingerprint density at radius 2 is 1.76 bits per heavy atom. The molecule has 41 heavy (non-hydrogen) atoms. The molecule has 0 bridgehead atoms. The van der Waals surface area contributed by atoms with E-state index in [1.54, 1.807) is 29.9 Å². The van der Waals surface area contributed by atoms with E-state index in [4.69, 9.17) is 25.8 Å². The van der Waals surface area contributed by atoms with Gasteiger partial charge in [-0.2, -0.15) is 15.0 Å². The number of nitrogens with zero attached hydrogens (tertiary/aromatic N) is 7. The van der Waals surface area contributed by atoms with Gasteiger partial charge in [-0.3, -0.25) is 4.68 Å². The minimum Gasteiger partial charge on any atom is -0.497 e. The average molecular weight is 576 g/mol. The molecule has 0 aliphatic rings. The lowest BCUT2D eigenvalue weighted by Crippen LogP contribution is -2.15. The van der Waals surface area contributed by atoms with Crippen LogP contribution in [0.1, 0.15) is 5.69 Å². The van der Waals surface area contributed by atoms with E-state index in [2.05, 4.69) is 35.9 Å². The maximum atomic E-state index is 6.13. The first-order valence-corrected chi connectivity index (χ1v) is 13.2. The first-order valence-electron chi connectivity index (χ1n) is 12.8. The molecule has 0 aliphatic heterocycles. The number of hydrogen-bond donors (Lipinski definition) is 2. The van der Waals surface area contributed by atoms with Crippen molar-refractivity contribution in [1.29, 1.82) is 0 Å². The summed E-state index contributed by atoms with van der Waals surface area (Å²) in [5, 5.41) is 18.0. The van der Waals surface area contributed by atoms with E-state index in [0.29, 0.717) is 52.9 Å². The number of methoxy groups -OCH3 is 2. The molecule has 212 valence electrons. The van der Waals surface area contributed by atoms with Crippen molar-refractivity contribution in [2.45, 2.75) is 13.2 Å². The van der Waals surface area contributed by atoms with Crippen LogP contribution in [0.5, 0.6) is 17.5 Å². The summed E-state index contributed by atoms with van der Waals surface area (Å²) in [6.07, 6.45) is 1.83. The molecule has 0 spiro atoms. The molecule has 2 aromatic heterocycles. The smallest absolute Gasteiger partial charge is 0.323 e. The summed E-state index contributed by atoms with van der Waals surface area (Å²) < 4.78 is 18.3. The van der Waals surface area contributed by atoms with Gasteiger partial charge in [-0.15, -0.1) is 5.10 Å². The Morgan fingerprint density at radius 3 is 2.51 bits per heavy atom. The van der Waals surface area contributed by atoms with E-state index in [-0.39, 0.29) is 12.6 Å². The van der Waals surface area contributed by atoms with Crippen LogP contribution >= 0.6 is 11.6 Å². The number of fused-ring (bicyclic) bond motifs is 1. The second-order valence-electron chi connectivity index (χ2n) is 9.22. The lowest BCUT2D eigenvalue weighted by Gasteiger charge is -2.14. The third-order valence-corrected chi connectivity index (χ3v) is 6.28. The summed E-state index contributed by atoms with van der Waals surface area (Å²) in [5.74, 6) is 1.99. The first kappa shape index (κ1) is 27.7. The SMILES string of the molecule is COc1cc(Nc2nc(OCc3cn(CCNc4cccc5cc(Cl)ccc45)nn3)nc(N(C)C)n2)cc(OC)c1. The summed E-state index contributed by atoms with van der Waals surface area (Å²) in [6, 6.07) is 17.5. The molecule has 0 fully saturated rings. The molecule has 2 heterocycles. The second kappa shape index (κ2) is 12.6. The molecule has 3 aromatic carbocycles. The van der Waals surface area contributed by atoms with Gasteiger partial charge < -0.3 is 29.7 Å². The van der Waals surface area contributed by atoms with Crippen molar-refractivity contribution < 1.29 is 14.2 Å². The number of aromatic nitrogens is 6. The van der Waals surface area contributed by atoms with E-state index in [0.717, 1.165) is 16.5 Å². The number of rotatable bonds is 12. The third-order valence-electron chi connectivity index (χ3n) is 6.04. The largest absolute Gasteiger partial charge is 0.497 e. The van der Waals surface area contributed by atoms with Crippen molar-refractivity contribution in [2.75, 3.05) is 50.4 Å². The summed E-state index contributed by atoms with van der Waals surface area (Å²) in [4.78, 5) is 15.0. The Bertz CT molecular complexity index is 1620. The molecule has 12 nitrogen and oxygen atoms in total. The molecule has 0 aliphatic carbocycles. The van der Waals surface area contributed by atoms with Gasteiger partial charge in [0, 0.05) is 60.6 Å². The molecule has 0 amide bonds. The predicted molar refractivity (Wildman–Crippen MR) is 159 cm³/mol. The highest BCUT2D eigenvalue weighted by atomic mass is 35.5. The van der Waals surface area contributed by atoms with Gasteiger partial charge in [0.2, 0.25) is 11.9 Å². The predicted octanol–water partition coefficient (Wildman–Crippen LogP) is 4.79. The minimum atomic E-state index is 0.140. The topological polar surface area (TPSA) is 124 Å². The molecule has 2 N–H and O–H groups in total. The van der Waals surface area contributed by atoms with Crippen molar-refractivity contribution in [3.63, 3.8) is 0 Å². The van der Waals surface area contributed by atoms with Crippen LogP contribution in [0.4, 0.5) is 23.3 Å². The molecule has 5 rings (SSSR count). The minimum absolute atomic E-state index is 0.140. The Hall–Kier alpha value is -4.84. The zero-order valence-corrected chi connectivity index (χ0v) is 23.9. The van der Waals surface area contributed by atoms with Crippen molar-refractivity contribution in [1.82, 2.24) is 29.9 Å². The summed E-state index contributed by atoms with van der Waals surface area (Å²) >= 11 is 6.13. The van der Waals surface area contributed by atoms with E-state index in [9.17, 15) is 0 Å². The van der Waals surface area contributed by atoms with Crippen LogP contribution in [-0.2, 0) is 13.2 Å². The zero-order valence-electron chi connectivity index (χ0n) is 23.1. The van der Waals surface area contributed by atoms with Gasteiger partial charge >= 0.3 is 6.01 Å². The molecular weight excluding hydrogens is 546 g/mol. The van der Waals surface area contributed by atoms with Crippen LogP contribution in [0.3, 0.4) is 0 Å². The molecule has 0 saturated heterocycles. The molecule has 0 unspecified atom stereocenters. The number of ether oxygens (including phenoxy) is 3. The lowest BCUT2D eigenvalue weighted by molar-refractivity contribution is 0.276. The normalized spacial score (nSPS) is 10.9. The highest BCUT2D eigenvalue weighted by Gasteiger charge is 2.12. The number of halogens is 1. The number of benzene rings is 3. The average Bonchev–Trinajstić information content (AvgIpc) is 3.43. The van der Waals surface area contributed by atoms with Crippen molar-refractivity contribution in [3.05, 3.63) is 71.5 Å². The molecule has 0 saturated carbocycles. The molecule has 0 atom stereocenters. The Labute approximate surface area is 242 Å². The van der Waals surface area contributed by atoms with Crippen molar-refractivity contribution in [2.24, 2.45) is 0 Å². The Balaban J connectivity index is 1.21. The van der Waals surface area contributed by atoms with Crippen LogP contribution in [0.15, 0.2) is 60.8 Å². The quantitative estimate of drug-likeness (QED) is 0.213. The van der Waals surface area contributed by atoms with Crippen molar-refractivity contribution >= 4 is 45.6 Å². The van der Waals surface area contributed by atoms with E-state index >= 15 is 0 Å². The third kappa shape index (κ3) is 7.03. The van der Waals surface area contributed by atoms with Gasteiger partial charge in [0.05, 0.1) is 27.0 Å². The van der Waals surface area contributed by atoms with Crippen LogP contribution in [0, 0.1) is 0 Å². The molecular formula is C28H30ClN9O3. The fraction of sp³-hybridized carbons (Fsp3) is 0.250. The molecule has 0 radical (unpaired) electrons. The lowest BCUT2D eigenvalue weighted by atomic mass is 10.1. The number of hydrogen-bond acceptors (Lipinski definition) is 11. The van der Waals surface area contributed by atoms with E-state index in [1.165, 1.54) is 0 Å². The first-order chi connectivity index (χ1) is 19.9. The Kier molecular flexibility index (Phi) is 8.49. The van der Waals surface area contributed by atoms with E-state index < -0.39 is 0 Å². The number of nitrogens with one attached hydrogen (secondary N) is 2. The summed E-state index contributed by atoms with van der Waals surface area (Å²) in [5.41, 5.74) is 2.36. The highest BCUT2D eigenvalue weighted by molar-refractivity contribution is 6.31.